The molecule has 0 unspecified atom stereocenters. The normalized spacial score (nSPS) is 11.2. The van der Waals surface area contributed by atoms with Crippen molar-refractivity contribution >= 4 is 45.0 Å². The minimum absolute atomic E-state index is 0.276. The van der Waals surface area contributed by atoms with Crippen LogP contribution in [0.25, 0.3) is 0 Å². The first-order valence-corrected chi connectivity index (χ1v) is 11.8. The Morgan fingerprint density at radius 3 is 2.59 bits per heavy atom. The molecular weight excluding hydrogens is 404 g/mol. The smallest absolute Gasteiger partial charge is 0.240 e. The number of sulfonamides is 1. The molecule has 0 aliphatic rings. The number of aryl methyl sites for hydroxylation is 1. The minimum atomic E-state index is -3.60. The highest BCUT2D eigenvalue weighted by Gasteiger charge is 2.20. The van der Waals surface area contributed by atoms with Gasteiger partial charge in [0, 0.05) is 23.1 Å². The third-order valence-corrected chi connectivity index (χ3v) is 6.11. The maximum atomic E-state index is 12.2. The van der Waals surface area contributed by atoms with E-state index in [2.05, 4.69) is 30.4 Å². The Bertz CT molecular complexity index is 888. The summed E-state index contributed by atoms with van der Waals surface area (Å²) >= 11 is 7.65. The SMILES string of the molecule is Cc1cccc(CSCCNC(=O)CN(c2cccc(Cl)c2)S(C)(=O)=O)c1. The summed E-state index contributed by atoms with van der Waals surface area (Å²) in [5, 5.41) is 3.18. The molecule has 2 aromatic carbocycles. The van der Waals surface area contributed by atoms with Gasteiger partial charge in [0.1, 0.15) is 6.54 Å². The fourth-order valence-electron chi connectivity index (χ4n) is 2.47. The van der Waals surface area contributed by atoms with Gasteiger partial charge in [-0.05, 0) is 30.7 Å². The lowest BCUT2D eigenvalue weighted by molar-refractivity contribution is -0.119. The highest BCUT2D eigenvalue weighted by atomic mass is 35.5. The van der Waals surface area contributed by atoms with Crippen molar-refractivity contribution in [3.8, 4) is 0 Å². The Labute approximate surface area is 170 Å². The van der Waals surface area contributed by atoms with Gasteiger partial charge in [-0.1, -0.05) is 47.5 Å². The van der Waals surface area contributed by atoms with E-state index in [4.69, 9.17) is 11.6 Å². The van der Waals surface area contributed by atoms with Crippen molar-refractivity contribution in [2.24, 2.45) is 0 Å². The zero-order valence-electron chi connectivity index (χ0n) is 15.3. The van der Waals surface area contributed by atoms with E-state index < -0.39 is 10.0 Å². The lowest BCUT2D eigenvalue weighted by atomic mass is 10.2. The molecule has 0 atom stereocenters. The van der Waals surface area contributed by atoms with Gasteiger partial charge in [-0.25, -0.2) is 8.42 Å². The maximum absolute atomic E-state index is 12.2. The van der Waals surface area contributed by atoms with Crippen molar-refractivity contribution in [2.45, 2.75) is 12.7 Å². The Morgan fingerprint density at radius 1 is 1.19 bits per heavy atom. The van der Waals surface area contributed by atoms with E-state index in [1.165, 1.54) is 17.2 Å². The molecule has 0 spiro atoms. The van der Waals surface area contributed by atoms with Crippen LogP contribution in [0.15, 0.2) is 48.5 Å². The molecular formula is C19H23ClN2O3S2. The number of benzene rings is 2. The van der Waals surface area contributed by atoms with Crippen LogP contribution in [0.1, 0.15) is 11.1 Å². The predicted molar refractivity (Wildman–Crippen MR) is 114 cm³/mol. The summed E-state index contributed by atoms with van der Waals surface area (Å²) in [6, 6.07) is 14.7. The van der Waals surface area contributed by atoms with Crippen molar-refractivity contribution < 1.29 is 13.2 Å². The van der Waals surface area contributed by atoms with Gasteiger partial charge in [0.2, 0.25) is 15.9 Å². The molecule has 0 heterocycles. The number of rotatable bonds is 9. The van der Waals surface area contributed by atoms with Crippen molar-refractivity contribution in [1.29, 1.82) is 0 Å². The Kier molecular flexibility index (Phi) is 8.01. The van der Waals surface area contributed by atoms with Gasteiger partial charge >= 0.3 is 0 Å². The number of nitrogens with one attached hydrogen (secondary N) is 1. The number of halogens is 1. The second-order valence-electron chi connectivity index (χ2n) is 6.14. The van der Waals surface area contributed by atoms with Crippen molar-refractivity contribution in [3.05, 3.63) is 64.7 Å². The molecule has 0 saturated carbocycles. The van der Waals surface area contributed by atoms with Gasteiger partial charge in [0.25, 0.3) is 0 Å². The summed E-state index contributed by atoms with van der Waals surface area (Å²) in [6.07, 6.45) is 1.07. The molecule has 146 valence electrons. The fraction of sp³-hybridized carbons (Fsp3) is 0.316. The van der Waals surface area contributed by atoms with E-state index in [9.17, 15) is 13.2 Å². The fourth-order valence-corrected chi connectivity index (χ4v) is 4.31. The number of nitrogens with zero attached hydrogens (tertiary/aromatic N) is 1. The van der Waals surface area contributed by atoms with Crippen LogP contribution in [-0.2, 0) is 20.6 Å². The van der Waals surface area contributed by atoms with Gasteiger partial charge in [0.15, 0.2) is 0 Å². The first kappa shape index (κ1) is 21.6. The van der Waals surface area contributed by atoms with Crippen LogP contribution in [-0.4, -0.2) is 39.4 Å². The van der Waals surface area contributed by atoms with Gasteiger partial charge in [0.05, 0.1) is 11.9 Å². The summed E-state index contributed by atoms with van der Waals surface area (Å²) in [5.41, 5.74) is 2.84. The van der Waals surface area contributed by atoms with E-state index in [0.29, 0.717) is 17.3 Å². The number of thioether (sulfide) groups is 1. The van der Waals surface area contributed by atoms with Gasteiger partial charge in [-0.2, -0.15) is 11.8 Å². The molecule has 1 N–H and O–H groups in total. The van der Waals surface area contributed by atoms with Crippen LogP contribution in [0.4, 0.5) is 5.69 Å². The molecule has 1 amide bonds. The molecule has 2 rings (SSSR count). The number of hydrogen-bond donors (Lipinski definition) is 1. The Morgan fingerprint density at radius 2 is 1.93 bits per heavy atom. The monoisotopic (exact) mass is 426 g/mol. The summed E-state index contributed by atoms with van der Waals surface area (Å²) in [5.74, 6) is 1.27. The number of anilines is 1. The third kappa shape index (κ3) is 7.44. The quantitative estimate of drug-likeness (QED) is 0.623. The van der Waals surface area contributed by atoms with Crippen LogP contribution in [0, 0.1) is 6.92 Å². The van der Waals surface area contributed by atoms with Crippen LogP contribution in [0.5, 0.6) is 0 Å². The average molecular weight is 427 g/mol. The van der Waals surface area contributed by atoms with E-state index in [-0.39, 0.29) is 12.5 Å². The highest BCUT2D eigenvalue weighted by Crippen LogP contribution is 2.21. The maximum Gasteiger partial charge on any atom is 0.240 e. The summed E-state index contributed by atoms with van der Waals surface area (Å²) in [7, 11) is -3.60. The summed E-state index contributed by atoms with van der Waals surface area (Å²) < 4.78 is 25.1. The van der Waals surface area contributed by atoms with Crippen LogP contribution in [0.3, 0.4) is 0 Å². The summed E-state index contributed by atoms with van der Waals surface area (Å²) in [6.45, 7) is 2.26. The van der Waals surface area contributed by atoms with Crippen LogP contribution in [0.2, 0.25) is 5.02 Å². The number of carbonyl (C=O) groups excluding carboxylic acids is 1. The number of amides is 1. The van der Waals surface area contributed by atoms with Crippen LogP contribution >= 0.6 is 23.4 Å². The van der Waals surface area contributed by atoms with Gasteiger partial charge in [-0.15, -0.1) is 0 Å². The zero-order chi connectivity index (χ0) is 19.9. The van der Waals surface area contributed by atoms with E-state index >= 15 is 0 Å². The molecule has 0 bridgehead atoms. The Balaban J connectivity index is 1.82. The molecule has 27 heavy (non-hydrogen) atoms. The molecule has 0 aliphatic heterocycles. The summed E-state index contributed by atoms with van der Waals surface area (Å²) in [4.78, 5) is 12.2. The highest BCUT2D eigenvalue weighted by molar-refractivity contribution is 7.98. The molecule has 0 aromatic heterocycles. The first-order valence-electron chi connectivity index (χ1n) is 8.39. The minimum Gasteiger partial charge on any atom is -0.354 e. The van der Waals surface area contributed by atoms with E-state index in [1.54, 1.807) is 30.0 Å². The number of hydrogen-bond acceptors (Lipinski definition) is 4. The second kappa shape index (κ2) is 10.0. The Hall–Kier alpha value is -1.70. The van der Waals surface area contributed by atoms with Gasteiger partial charge in [-0.3, -0.25) is 9.10 Å². The molecule has 0 fully saturated rings. The van der Waals surface area contributed by atoms with E-state index in [0.717, 1.165) is 22.1 Å². The van der Waals surface area contributed by atoms with Gasteiger partial charge < -0.3 is 5.32 Å². The third-order valence-electron chi connectivity index (χ3n) is 3.70. The lowest BCUT2D eigenvalue weighted by Gasteiger charge is -2.22. The number of carbonyl (C=O) groups is 1. The average Bonchev–Trinajstić information content (AvgIpc) is 2.58. The molecule has 8 heteroatoms. The molecule has 0 saturated heterocycles. The zero-order valence-corrected chi connectivity index (χ0v) is 17.7. The van der Waals surface area contributed by atoms with Crippen molar-refractivity contribution in [1.82, 2.24) is 5.32 Å². The largest absolute Gasteiger partial charge is 0.354 e. The lowest BCUT2D eigenvalue weighted by Crippen LogP contribution is -2.41. The van der Waals surface area contributed by atoms with E-state index in [1.807, 2.05) is 6.07 Å². The topological polar surface area (TPSA) is 66.5 Å². The predicted octanol–water partition coefficient (Wildman–Crippen LogP) is 3.46. The molecule has 0 aliphatic carbocycles. The standard InChI is InChI=1S/C19H23ClN2O3S2/c1-15-5-3-6-16(11-15)14-26-10-9-21-19(23)13-22(27(2,24)25)18-8-4-7-17(20)12-18/h3-8,11-12H,9-10,13-14H2,1-2H3,(H,21,23). The molecule has 0 radical (unpaired) electrons. The molecule has 5 nitrogen and oxygen atoms in total. The second-order valence-corrected chi connectivity index (χ2v) is 9.59. The first-order chi connectivity index (χ1) is 12.8. The van der Waals surface area contributed by atoms with Crippen molar-refractivity contribution in [2.75, 3.05) is 29.4 Å². The molecule has 2 aromatic rings. The van der Waals surface area contributed by atoms with Crippen LogP contribution < -0.4 is 9.62 Å². The van der Waals surface area contributed by atoms with Crippen molar-refractivity contribution in [3.63, 3.8) is 0 Å².